The molecule has 0 aliphatic rings. The predicted octanol–water partition coefficient (Wildman–Crippen LogP) is 2.27. The van der Waals surface area contributed by atoms with Gasteiger partial charge in [-0.25, -0.2) is 0 Å². The Balaban J connectivity index is 2.98. The molecule has 1 N–H and O–H groups in total. The molecule has 0 amide bonds. The molecule has 0 saturated heterocycles. The van der Waals surface area contributed by atoms with Crippen molar-refractivity contribution in [3.8, 4) is 5.75 Å². The molecular weight excluding hydrogens is 188 g/mol. The van der Waals surface area contributed by atoms with Crippen molar-refractivity contribution in [3.05, 3.63) is 28.8 Å². The highest BCUT2D eigenvalue weighted by Crippen LogP contribution is 2.28. The van der Waals surface area contributed by atoms with E-state index in [0.717, 1.165) is 5.56 Å². The number of aliphatic hydroxyl groups is 1. The maximum atomic E-state index is 9.22. The van der Waals surface area contributed by atoms with Crippen LogP contribution in [0.5, 0.6) is 5.75 Å². The summed E-state index contributed by atoms with van der Waals surface area (Å²) < 4.78 is 5.13. The van der Waals surface area contributed by atoms with Crippen molar-refractivity contribution in [2.24, 2.45) is 0 Å². The average Bonchev–Trinajstić information content (AvgIpc) is 2.03. The van der Waals surface area contributed by atoms with Gasteiger partial charge in [0, 0.05) is 6.42 Å². The summed E-state index contributed by atoms with van der Waals surface area (Å²) in [6.45, 7) is 1.74. The summed E-state index contributed by atoms with van der Waals surface area (Å²) in [5.74, 6) is 0.657. The van der Waals surface area contributed by atoms with Gasteiger partial charge in [0.05, 0.1) is 18.2 Å². The van der Waals surface area contributed by atoms with Gasteiger partial charge >= 0.3 is 0 Å². The van der Waals surface area contributed by atoms with E-state index in [1.54, 1.807) is 20.1 Å². The fourth-order valence-electron chi connectivity index (χ4n) is 1.26. The van der Waals surface area contributed by atoms with Crippen LogP contribution in [0.1, 0.15) is 12.5 Å². The van der Waals surface area contributed by atoms with E-state index >= 15 is 0 Å². The molecule has 1 rings (SSSR count). The van der Waals surface area contributed by atoms with Crippen LogP contribution in [0.15, 0.2) is 18.2 Å². The molecule has 1 aromatic rings. The number of hydrogen-bond donors (Lipinski definition) is 1. The molecule has 72 valence electrons. The second-order valence-corrected chi connectivity index (χ2v) is 3.39. The minimum atomic E-state index is -0.382. The molecule has 0 aromatic heterocycles. The third-order valence-corrected chi connectivity index (χ3v) is 2.07. The second kappa shape index (κ2) is 4.49. The Morgan fingerprint density at radius 1 is 1.54 bits per heavy atom. The highest BCUT2D eigenvalue weighted by molar-refractivity contribution is 6.32. The van der Waals surface area contributed by atoms with Gasteiger partial charge in [-0.3, -0.25) is 0 Å². The van der Waals surface area contributed by atoms with Gasteiger partial charge in [0.2, 0.25) is 0 Å². The van der Waals surface area contributed by atoms with Gasteiger partial charge in [-0.15, -0.1) is 0 Å². The van der Waals surface area contributed by atoms with Crippen LogP contribution in [0.3, 0.4) is 0 Å². The number of aliphatic hydroxyl groups excluding tert-OH is 1. The van der Waals surface area contributed by atoms with Crippen molar-refractivity contribution in [3.63, 3.8) is 0 Å². The monoisotopic (exact) mass is 200 g/mol. The fourth-order valence-corrected chi connectivity index (χ4v) is 1.53. The van der Waals surface area contributed by atoms with Gasteiger partial charge in [-0.2, -0.15) is 0 Å². The van der Waals surface area contributed by atoms with E-state index in [1.807, 2.05) is 12.1 Å². The molecule has 3 heteroatoms. The highest BCUT2D eigenvalue weighted by Gasteiger charge is 2.08. The highest BCUT2D eigenvalue weighted by atomic mass is 35.5. The lowest BCUT2D eigenvalue weighted by Crippen LogP contribution is -2.05. The van der Waals surface area contributed by atoms with Gasteiger partial charge in [-0.05, 0) is 18.6 Å². The van der Waals surface area contributed by atoms with Gasteiger partial charge in [0.1, 0.15) is 5.75 Å². The Hall–Kier alpha value is -0.730. The topological polar surface area (TPSA) is 29.5 Å². The molecule has 1 aromatic carbocycles. The summed E-state index contributed by atoms with van der Waals surface area (Å²) in [6.07, 6.45) is 0.177. The second-order valence-electron chi connectivity index (χ2n) is 2.99. The summed E-state index contributed by atoms with van der Waals surface area (Å²) in [5.41, 5.74) is 0.935. The molecule has 0 radical (unpaired) electrons. The first kappa shape index (κ1) is 10.4. The zero-order valence-electron chi connectivity index (χ0n) is 7.75. The van der Waals surface area contributed by atoms with E-state index < -0.39 is 0 Å². The lowest BCUT2D eigenvalue weighted by Gasteiger charge is -2.10. The molecule has 0 aliphatic heterocycles. The number of rotatable bonds is 3. The predicted molar refractivity (Wildman–Crippen MR) is 53.4 cm³/mol. The van der Waals surface area contributed by atoms with Gasteiger partial charge in [0.15, 0.2) is 0 Å². The molecule has 1 atom stereocenters. The number of halogens is 1. The number of ether oxygens (including phenoxy) is 1. The Morgan fingerprint density at radius 3 is 2.77 bits per heavy atom. The van der Waals surface area contributed by atoms with Gasteiger partial charge in [0.25, 0.3) is 0 Å². The number of methoxy groups -OCH3 is 1. The Labute approximate surface area is 83.1 Å². The summed E-state index contributed by atoms with van der Waals surface area (Å²) in [5, 5.41) is 9.80. The Morgan fingerprint density at radius 2 is 2.23 bits per heavy atom. The number of para-hydroxylation sites is 1. The molecule has 0 unspecified atom stereocenters. The smallest absolute Gasteiger partial charge is 0.140 e. The zero-order valence-corrected chi connectivity index (χ0v) is 8.51. The first-order chi connectivity index (χ1) is 6.15. The van der Waals surface area contributed by atoms with E-state index in [4.69, 9.17) is 16.3 Å². The summed E-state index contributed by atoms with van der Waals surface area (Å²) >= 11 is 5.91. The number of benzene rings is 1. The lowest BCUT2D eigenvalue weighted by atomic mass is 10.1. The van der Waals surface area contributed by atoms with Crippen molar-refractivity contribution < 1.29 is 9.84 Å². The van der Waals surface area contributed by atoms with Gasteiger partial charge < -0.3 is 9.84 Å². The van der Waals surface area contributed by atoms with E-state index in [2.05, 4.69) is 0 Å². The van der Waals surface area contributed by atoms with Crippen LogP contribution in [0.4, 0.5) is 0 Å². The number of hydrogen-bond acceptors (Lipinski definition) is 2. The summed E-state index contributed by atoms with van der Waals surface area (Å²) in [4.78, 5) is 0. The Bertz CT molecular complexity index is 284. The van der Waals surface area contributed by atoms with Crippen LogP contribution in [0.25, 0.3) is 0 Å². The van der Waals surface area contributed by atoms with Crippen LogP contribution >= 0.6 is 11.6 Å². The third kappa shape index (κ3) is 2.61. The first-order valence-corrected chi connectivity index (χ1v) is 4.52. The Kier molecular flexibility index (Phi) is 3.58. The largest absolute Gasteiger partial charge is 0.495 e. The molecule has 0 heterocycles. The summed E-state index contributed by atoms with van der Waals surface area (Å²) in [7, 11) is 1.58. The first-order valence-electron chi connectivity index (χ1n) is 4.14. The average molecular weight is 201 g/mol. The third-order valence-electron chi connectivity index (χ3n) is 1.77. The minimum absolute atomic E-state index is 0.382. The lowest BCUT2D eigenvalue weighted by molar-refractivity contribution is 0.194. The maximum absolute atomic E-state index is 9.22. The molecular formula is C10H13ClO2. The zero-order chi connectivity index (χ0) is 9.84. The quantitative estimate of drug-likeness (QED) is 0.811. The molecule has 0 bridgehead atoms. The van der Waals surface area contributed by atoms with Crippen molar-refractivity contribution in [2.75, 3.05) is 7.11 Å². The van der Waals surface area contributed by atoms with Crippen LogP contribution in [0.2, 0.25) is 5.02 Å². The maximum Gasteiger partial charge on any atom is 0.140 e. The standard InChI is InChI=1S/C10H13ClO2/c1-7(12)6-8-4-3-5-9(11)10(8)13-2/h3-5,7,12H,6H2,1-2H3/t7-/m1/s1. The van der Waals surface area contributed by atoms with Crippen LogP contribution < -0.4 is 4.74 Å². The van der Waals surface area contributed by atoms with Crippen LogP contribution in [-0.4, -0.2) is 18.3 Å². The fraction of sp³-hybridized carbons (Fsp3) is 0.400. The van der Waals surface area contributed by atoms with Crippen LogP contribution in [-0.2, 0) is 6.42 Å². The van der Waals surface area contributed by atoms with Crippen molar-refractivity contribution in [1.82, 2.24) is 0 Å². The van der Waals surface area contributed by atoms with Crippen molar-refractivity contribution in [2.45, 2.75) is 19.4 Å². The van der Waals surface area contributed by atoms with Crippen molar-refractivity contribution >= 4 is 11.6 Å². The van der Waals surface area contributed by atoms with E-state index in [-0.39, 0.29) is 6.10 Å². The molecule has 0 saturated carbocycles. The van der Waals surface area contributed by atoms with E-state index in [0.29, 0.717) is 17.2 Å². The molecule has 2 nitrogen and oxygen atoms in total. The molecule has 0 aliphatic carbocycles. The molecule has 0 fully saturated rings. The van der Waals surface area contributed by atoms with Crippen LogP contribution in [0, 0.1) is 0 Å². The van der Waals surface area contributed by atoms with Crippen molar-refractivity contribution in [1.29, 1.82) is 0 Å². The van der Waals surface area contributed by atoms with Gasteiger partial charge in [-0.1, -0.05) is 23.7 Å². The van der Waals surface area contributed by atoms with E-state index in [9.17, 15) is 5.11 Å². The molecule has 13 heavy (non-hydrogen) atoms. The normalized spacial score (nSPS) is 12.6. The summed E-state index contributed by atoms with van der Waals surface area (Å²) in [6, 6.07) is 5.52. The molecule has 0 spiro atoms. The SMILES string of the molecule is COc1c(Cl)cccc1C[C@@H](C)O. The van der Waals surface area contributed by atoms with E-state index in [1.165, 1.54) is 0 Å². The minimum Gasteiger partial charge on any atom is -0.495 e.